The second-order valence-corrected chi connectivity index (χ2v) is 7.99. The van der Waals surface area contributed by atoms with Gasteiger partial charge in [0.1, 0.15) is 18.6 Å². The van der Waals surface area contributed by atoms with E-state index in [0.29, 0.717) is 12.2 Å². The van der Waals surface area contributed by atoms with Crippen LogP contribution in [0.5, 0.6) is 5.75 Å². The quantitative estimate of drug-likeness (QED) is 0.515. The normalized spacial score (nSPS) is 12.9. The van der Waals surface area contributed by atoms with E-state index in [1.807, 2.05) is 17.4 Å². The molecule has 2 aromatic carbocycles. The molecule has 3 aromatic rings. The van der Waals surface area contributed by atoms with E-state index in [9.17, 15) is 4.79 Å². The maximum Gasteiger partial charge on any atom is 0.149 e. The molecule has 2 heterocycles. The minimum atomic E-state index is 0.366. The van der Waals surface area contributed by atoms with Gasteiger partial charge in [-0.25, -0.2) is 0 Å². The smallest absolute Gasteiger partial charge is 0.149 e. The van der Waals surface area contributed by atoms with Crippen molar-refractivity contribution in [3.8, 4) is 16.9 Å². The summed E-state index contributed by atoms with van der Waals surface area (Å²) < 4.78 is 5.72. The molecule has 0 bridgehead atoms. The van der Waals surface area contributed by atoms with Crippen molar-refractivity contribution in [2.24, 2.45) is 0 Å². The minimum Gasteiger partial charge on any atom is -0.488 e. The van der Waals surface area contributed by atoms with Crippen molar-refractivity contribution >= 4 is 23.7 Å². The van der Waals surface area contributed by atoms with Crippen LogP contribution in [0.4, 0.5) is 0 Å². The molecule has 0 amide bonds. The highest BCUT2D eigenvalue weighted by molar-refractivity contribution is 7.12. The van der Waals surface area contributed by atoms with Gasteiger partial charge in [0.05, 0.1) is 0 Å². The third-order valence-corrected chi connectivity index (χ3v) is 6.23. The van der Waals surface area contributed by atoms with Gasteiger partial charge in [-0.05, 0) is 54.2 Å². The Hall–Kier alpha value is -2.65. The number of carbonyl (C=O) groups is 1. The van der Waals surface area contributed by atoms with Crippen molar-refractivity contribution in [1.82, 2.24) is 0 Å². The number of fused-ring (bicyclic) bond motifs is 1. The molecule has 1 aliphatic heterocycles. The predicted octanol–water partition coefficient (Wildman–Crippen LogP) is 5.74. The molecule has 0 aliphatic carbocycles. The first kappa shape index (κ1) is 17.7. The van der Waals surface area contributed by atoms with Crippen molar-refractivity contribution in [2.45, 2.75) is 26.2 Å². The fourth-order valence-electron chi connectivity index (χ4n) is 3.45. The summed E-state index contributed by atoms with van der Waals surface area (Å²) in [4.78, 5) is 13.8. The lowest BCUT2D eigenvalue weighted by molar-refractivity contribution is -0.105. The number of aldehydes is 1. The van der Waals surface area contributed by atoms with Crippen molar-refractivity contribution in [3.63, 3.8) is 0 Å². The van der Waals surface area contributed by atoms with Gasteiger partial charge in [-0.2, -0.15) is 0 Å². The lowest BCUT2D eigenvalue weighted by Gasteiger charge is -2.16. The average Bonchev–Trinajstić information content (AvgIpc) is 3.15. The summed E-state index contributed by atoms with van der Waals surface area (Å²) in [6.45, 7) is 2.59. The molecule has 0 fully saturated rings. The van der Waals surface area contributed by atoms with Gasteiger partial charge in [-0.3, -0.25) is 4.79 Å². The molecule has 27 heavy (non-hydrogen) atoms. The van der Waals surface area contributed by atoms with E-state index in [-0.39, 0.29) is 0 Å². The predicted molar refractivity (Wildman–Crippen MR) is 113 cm³/mol. The molecular formula is C24H22O2S. The van der Waals surface area contributed by atoms with Gasteiger partial charge in [0.25, 0.3) is 0 Å². The van der Waals surface area contributed by atoms with Gasteiger partial charge in [0.2, 0.25) is 0 Å². The van der Waals surface area contributed by atoms with E-state index < -0.39 is 0 Å². The molecule has 0 atom stereocenters. The van der Waals surface area contributed by atoms with Crippen LogP contribution < -0.4 is 4.74 Å². The van der Waals surface area contributed by atoms with E-state index in [1.165, 1.54) is 26.4 Å². The van der Waals surface area contributed by atoms with Crippen LogP contribution in [-0.2, 0) is 24.1 Å². The van der Waals surface area contributed by atoms with Crippen LogP contribution in [0, 0.1) is 0 Å². The highest BCUT2D eigenvalue weighted by atomic mass is 32.1. The number of carbonyl (C=O) groups excluding carboxylic acids is 1. The van der Waals surface area contributed by atoms with Gasteiger partial charge in [0, 0.05) is 20.9 Å². The number of aryl methyl sites for hydroxylation is 3. The Labute approximate surface area is 164 Å². The van der Waals surface area contributed by atoms with Crippen LogP contribution in [0.1, 0.15) is 27.8 Å². The molecule has 0 spiro atoms. The third-order valence-electron chi connectivity index (χ3n) is 4.89. The lowest BCUT2D eigenvalue weighted by Crippen LogP contribution is -2.08. The summed E-state index contributed by atoms with van der Waals surface area (Å²) >= 11 is 1.93. The number of hydrogen-bond donors (Lipinski definition) is 0. The van der Waals surface area contributed by atoms with Crippen LogP contribution in [-0.4, -0.2) is 12.9 Å². The second-order valence-electron chi connectivity index (χ2n) is 6.77. The largest absolute Gasteiger partial charge is 0.488 e. The summed E-state index contributed by atoms with van der Waals surface area (Å²) in [6, 6.07) is 19.3. The van der Waals surface area contributed by atoms with Gasteiger partial charge < -0.3 is 4.74 Å². The highest BCUT2D eigenvalue weighted by Gasteiger charge is 2.13. The summed E-state index contributed by atoms with van der Waals surface area (Å²) in [5, 5.41) is 0. The first-order chi connectivity index (χ1) is 13.3. The van der Waals surface area contributed by atoms with Gasteiger partial charge in [-0.15, -0.1) is 11.3 Å². The molecule has 4 rings (SSSR count). The summed E-state index contributed by atoms with van der Waals surface area (Å²) in [7, 11) is 0. The molecule has 1 aliphatic rings. The Balaban J connectivity index is 1.50. The van der Waals surface area contributed by atoms with Crippen LogP contribution in [0.2, 0.25) is 0 Å². The molecule has 2 nitrogen and oxygen atoms in total. The van der Waals surface area contributed by atoms with Crippen LogP contribution >= 0.6 is 11.3 Å². The number of ether oxygens (including phenoxy) is 1. The highest BCUT2D eigenvalue weighted by Crippen LogP contribution is 2.33. The average molecular weight is 375 g/mol. The number of rotatable bonds is 6. The lowest BCUT2D eigenvalue weighted by atomic mass is 10.0. The van der Waals surface area contributed by atoms with E-state index in [2.05, 4.69) is 61.5 Å². The van der Waals surface area contributed by atoms with Crippen LogP contribution in [0.15, 0.2) is 60.2 Å². The second kappa shape index (κ2) is 7.93. The van der Waals surface area contributed by atoms with Crippen molar-refractivity contribution < 1.29 is 9.53 Å². The van der Waals surface area contributed by atoms with Gasteiger partial charge in [-0.1, -0.05) is 49.4 Å². The van der Waals surface area contributed by atoms with E-state index >= 15 is 0 Å². The molecule has 1 aromatic heterocycles. The summed E-state index contributed by atoms with van der Waals surface area (Å²) in [5.41, 5.74) is 5.62. The third kappa shape index (κ3) is 3.88. The molecule has 136 valence electrons. The van der Waals surface area contributed by atoms with Crippen LogP contribution in [0.3, 0.4) is 0 Å². The fraction of sp³-hybridized carbons (Fsp3) is 0.208. The standard InChI is InChI=1S/C24H22O2S/c1-2-24-22(19-6-4-3-5-7-19)14-21(27-24)11-9-17-8-10-20-12-18(15-25)16-26-23(20)13-17/h3-8,10,12-15H,2,9,11,16H2,1H3. The van der Waals surface area contributed by atoms with E-state index in [0.717, 1.165) is 36.9 Å². The number of benzene rings is 2. The maximum atomic E-state index is 10.9. The minimum absolute atomic E-state index is 0.366. The number of hydrogen-bond acceptors (Lipinski definition) is 3. The molecule has 0 radical (unpaired) electrons. The fourth-order valence-corrected chi connectivity index (χ4v) is 4.58. The van der Waals surface area contributed by atoms with E-state index in [4.69, 9.17) is 4.74 Å². The molecule has 0 N–H and O–H groups in total. The zero-order valence-electron chi connectivity index (χ0n) is 15.4. The number of thiophene rings is 1. The summed E-state index contributed by atoms with van der Waals surface area (Å²) in [5.74, 6) is 0.878. The zero-order chi connectivity index (χ0) is 18.6. The van der Waals surface area contributed by atoms with Gasteiger partial charge >= 0.3 is 0 Å². The SMILES string of the molecule is CCc1sc(CCc2ccc3c(c2)OCC(C=O)=C3)cc1-c1ccccc1. The molecule has 0 saturated heterocycles. The Kier molecular flexibility index (Phi) is 5.21. The monoisotopic (exact) mass is 374 g/mol. The molecule has 3 heteroatoms. The van der Waals surface area contributed by atoms with Crippen molar-refractivity contribution in [1.29, 1.82) is 0 Å². The maximum absolute atomic E-state index is 10.9. The Morgan fingerprint density at radius 1 is 1.07 bits per heavy atom. The van der Waals surface area contributed by atoms with Crippen molar-refractivity contribution in [2.75, 3.05) is 6.61 Å². The molecule has 0 unspecified atom stereocenters. The molecular weight excluding hydrogens is 352 g/mol. The first-order valence-electron chi connectivity index (χ1n) is 9.35. The Morgan fingerprint density at radius 3 is 2.70 bits per heavy atom. The van der Waals surface area contributed by atoms with Crippen molar-refractivity contribution in [3.05, 3.63) is 81.1 Å². The Bertz CT molecular complexity index is 983. The Morgan fingerprint density at radius 2 is 1.93 bits per heavy atom. The topological polar surface area (TPSA) is 26.3 Å². The molecule has 0 saturated carbocycles. The van der Waals surface area contributed by atoms with E-state index in [1.54, 1.807) is 0 Å². The van der Waals surface area contributed by atoms with Crippen LogP contribution in [0.25, 0.3) is 17.2 Å². The van der Waals surface area contributed by atoms with Gasteiger partial charge in [0.15, 0.2) is 0 Å². The first-order valence-corrected chi connectivity index (χ1v) is 10.2. The summed E-state index contributed by atoms with van der Waals surface area (Å²) in [6.07, 6.45) is 5.85. The zero-order valence-corrected chi connectivity index (χ0v) is 16.2.